The van der Waals surface area contributed by atoms with E-state index in [1.54, 1.807) is 6.07 Å². The van der Waals surface area contributed by atoms with Crippen molar-refractivity contribution < 1.29 is 18.7 Å². The van der Waals surface area contributed by atoms with Crippen molar-refractivity contribution in [1.82, 2.24) is 10.6 Å². The number of ether oxygens (including phenoxy) is 1. The Hall–Kier alpha value is -2.89. The zero-order valence-corrected chi connectivity index (χ0v) is 13.8. The fourth-order valence-electron chi connectivity index (χ4n) is 2.15. The molecule has 0 unspecified atom stereocenters. The Kier molecular flexibility index (Phi) is 7.43. The predicted molar refractivity (Wildman–Crippen MR) is 92.9 cm³/mol. The first-order valence-electron chi connectivity index (χ1n) is 8.14. The van der Waals surface area contributed by atoms with Gasteiger partial charge in [-0.05, 0) is 30.7 Å². The molecule has 2 amide bonds. The molecule has 0 saturated carbocycles. The Morgan fingerprint density at radius 1 is 0.920 bits per heavy atom. The average Bonchev–Trinajstić information content (AvgIpc) is 2.63. The van der Waals surface area contributed by atoms with Gasteiger partial charge in [0.1, 0.15) is 11.6 Å². The summed E-state index contributed by atoms with van der Waals surface area (Å²) in [6.45, 7) is 0.986. The van der Waals surface area contributed by atoms with Crippen LogP contribution in [0.1, 0.15) is 23.2 Å². The largest absolute Gasteiger partial charge is 0.494 e. The van der Waals surface area contributed by atoms with E-state index in [-0.39, 0.29) is 18.0 Å². The van der Waals surface area contributed by atoms with Crippen molar-refractivity contribution >= 4 is 11.8 Å². The summed E-state index contributed by atoms with van der Waals surface area (Å²) >= 11 is 0. The first-order chi connectivity index (χ1) is 12.2. The fourth-order valence-corrected chi connectivity index (χ4v) is 2.15. The summed E-state index contributed by atoms with van der Waals surface area (Å²) in [4.78, 5) is 23.5. The molecular formula is C19H21FN2O3. The Balaban J connectivity index is 1.55. The maximum Gasteiger partial charge on any atom is 0.254 e. The lowest BCUT2D eigenvalue weighted by atomic mass is 10.2. The van der Waals surface area contributed by atoms with Gasteiger partial charge >= 0.3 is 0 Å². The van der Waals surface area contributed by atoms with Gasteiger partial charge in [-0.3, -0.25) is 9.59 Å². The topological polar surface area (TPSA) is 67.4 Å². The van der Waals surface area contributed by atoms with Crippen molar-refractivity contribution in [2.24, 2.45) is 0 Å². The molecule has 2 aromatic carbocycles. The number of halogens is 1. The van der Waals surface area contributed by atoms with Crippen LogP contribution in [0, 0.1) is 5.82 Å². The summed E-state index contributed by atoms with van der Waals surface area (Å²) < 4.78 is 18.9. The number of nitrogens with one attached hydrogen (secondary N) is 2. The van der Waals surface area contributed by atoms with E-state index in [0.29, 0.717) is 26.0 Å². The van der Waals surface area contributed by atoms with Gasteiger partial charge in [-0.25, -0.2) is 4.39 Å². The molecule has 2 rings (SSSR count). The molecule has 0 aliphatic carbocycles. The maximum atomic E-state index is 13.4. The zero-order valence-electron chi connectivity index (χ0n) is 13.8. The molecule has 2 N–H and O–H groups in total. The first-order valence-corrected chi connectivity index (χ1v) is 8.14. The van der Waals surface area contributed by atoms with Gasteiger partial charge in [-0.2, -0.15) is 0 Å². The molecule has 0 heterocycles. The number of para-hydroxylation sites is 1. The molecule has 132 valence electrons. The van der Waals surface area contributed by atoms with Gasteiger partial charge in [0.05, 0.1) is 12.2 Å². The second-order valence-electron chi connectivity index (χ2n) is 5.35. The number of carbonyl (C=O) groups is 2. The Morgan fingerprint density at radius 3 is 2.36 bits per heavy atom. The molecule has 0 fully saturated rings. The molecule has 0 saturated heterocycles. The van der Waals surface area contributed by atoms with Crippen LogP contribution in [0.4, 0.5) is 4.39 Å². The van der Waals surface area contributed by atoms with Crippen LogP contribution >= 0.6 is 0 Å². The monoisotopic (exact) mass is 344 g/mol. The lowest BCUT2D eigenvalue weighted by Gasteiger charge is -2.08. The molecular weight excluding hydrogens is 323 g/mol. The van der Waals surface area contributed by atoms with Crippen molar-refractivity contribution in [1.29, 1.82) is 0 Å². The SMILES string of the molecule is O=C(CCCOc1ccccc1)NCCNC(=O)c1ccccc1F. The molecule has 0 atom stereocenters. The molecule has 0 radical (unpaired) electrons. The standard InChI is InChI=1S/C19H21FN2O3/c20-17-10-5-4-9-16(17)19(24)22-13-12-21-18(23)11-6-14-25-15-7-2-1-3-8-15/h1-5,7-10H,6,11-14H2,(H,21,23)(H,22,24). The Labute approximate surface area is 146 Å². The van der Waals surface area contributed by atoms with E-state index < -0.39 is 11.7 Å². The van der Waals surface area contributed by atoms with Gasteiger partial charge in [0.15, 0.2) is 0 Å². The quantitative estimate of drug-likeness (QED) is 0.687. The highest BCUT2D eigenvalue weighted by Gasteiger charge is 2.09. The van der Waals surface area contributed by atoms with Crippen molar-refractivity contribution in [3.05, 3.63) is 66.0 Å². The average molecular weight is 344 g/mol. The highest BCUT2D eigenvalue weighted by molar-refractivity contribution is 5.94. The minimum atomic E-state index is -0.567. The Bertz CT molecular complexity index is 692. The fraction of sp³-hybridized carbons (Fsp3) is 0.263. The highest BCUT2D eigenvalue weighted by Crippen LogP contribution is 2.08. The van der Waals surface area contributed by atoms with Gasteiger partial charge in [-0.1, -0.05) is 30.3 Å². The van der Waals surface area contributed by atoms with E-state index in [0.717, 1.165) is 5.75 Å². The van der Waals surface area contributed by atoms with Crippen LogP contribution in [-0.4, -0.2) is 31.5 Å². The van der Waals surface area contributed by atoms with Gasteiger partial charge in [0.2, 0.25) is 5.91 Å². The maximum absolute atomic E-state index is 13.4. The number of benzene rings is 2. The molecule has 0 spiro atoms. The van der Waals surface area contributed by atoms with Gasteiger partial charge < -0.3 is 15.4 Å². The summed E-state index contributed by atoms with van der Waals surface area (Å²) in [5, 5.41) is 5.27. The van der Waals surface area contributed by atoms with Crippen LogP contribution in [0.25, 0.3) is 0 Å². The van der Waals surface area contributed by atoms with Crippen LogP contribution < -0.4 is 15.4 Å². The van der Waals surface area contributed by atoms with Crippen molar-refractivity contribution in [2.75, 3.05) is 19.7 Å². The number of carbonyl (C=O) groups excluding carboxylic acids is 2. The zero-order chi connectivity index (χ0) is 17.9. The highest BCUT2D eigenvalue weighted by atomic mass is 19.1. The lowest BCUT2D eigenvalue weighted by Crippen LogP contribution is -2.35. The van der Waals surface area contributed by atoms with Crippen molar-refractivity contribution in [2.45, 2.75) is 12.8 Å². The first kappa shape index (κ1) is 18.4. The molecule has 2 aromatic rings. The van der Waals surface area contributed by atoms with Crippen LogP contribution in [0.3, 0.4) is 0 Å². The molecule has 6 heteroatoms. The summed E-state index contributed by atoms with van der Waals surface area (Å²) in [7, 11) is 0. The third-order valence-electron chi connectivity index (χ3n) is 3.41. The van der Waals surface area contributed by atoms with Crippen LogP contribution in [0.5, 0.6) is 5.75 Å². The summed E-state index contributed by atoms with van der Waals surface area (Å²) in [6, 6.07) is 15.2. The van der Waals surface area contributed by atoms with Gasteiger partial charge in [0.25, 0.3) is 5.91 Å². The van der Waals surface area contributed by atoms with Crippen LogP contribution in [-0.2, 0) is 4.79 Å². The van der Waals surface area contributed by atoms with Gasteiger partial charge in [-0.15, -0.1) is 0 Å². The van der Waals surface area contributed by atoms with E-state index in [4.69, 9.17) is 4.74 Å². The third-order valence-corrected chi connectivity index (χ3v) is 3.41. The van der Waals surface area contributed by atoms with E-state index in [2.05, 4.69) is 10.6 Å². The molecule has 5 nitrogen and oxygen atoms in total. The Morgan fingerprint density at radius 2 is 1.60 bits per heavy atom. The van der Waals surface area contributed by atoms with E-state index in [1.807, 2.05) is 30.3 Å². The molecule has 0 bridgehead atoms. The van der Waals surface area contributed by atoms with Crippen LogP contribution in [0.15, 0.2) is 54.6 Å². The summed E-state index contributed by atoms with van der Waals surface area (Å²) in [5.74, 6) is -0.401. The van der Waals surface area contributed by atoms with Crippen molar-refractivity contribution in [3.8, 4) is 5.75 Å². The lowest BCUT2D eigenvalue weighted by molar-refractivity contribution is -0.121. The second-order valence-corrected chi connectivity index (χ2v) is 5.35. The predicted octanol–water partition coefficient (Wildman–Crippen LogP) is 2.53. The third kappa shape index (κ3) is 6.63. The molecule has 0 aliphatic rings. The normalized spacial score (nSPS) is 10.1. The summed E-state index contributed by atoms with van der Waals surface area (Å²) in [6.07, 6.45) is 0.941. The number of hydrogen-bond acceptors (Lipinski definition) is 3. The summed E-state index contributed by atoms with van der Waals surface area (Å²) in [5.41, 5.74) is -0.00751. The molecule has 0 aromatic heterocycles. The minimum absolute atomic E-state index is 0.00751. The number of amides is 2. The van der Waals surface area contributed by atoms with Gasteiger partial charge in [0, 0.05) is 19.5 Å². The molecule has 25 heavy (non-hydrogen) atoms. The van der Waals surface area contributed by atoms with E-state index >= 15 is 0 Å². The smallest absolute Gasteiger partial charge is 0.254 e. The molecule has 0 aliphatic heterocycles. The van der Waals surface area contributed by atoms with Crippen LogP contribution in [0.2, 0.25) is 0 Å². The van der Waals surface area contributed by atoms with Crippen molar-refractivity contribution in [3.63, 3.8) is 0 Å². The number of hydrogen-bond donors (Lipinski definition) is 2. The van der Waals surface area contributed by atoms with E-state index in [1.165, 1.54) is 18.2 Å². The second kappa shape index (κ2) is 10.1. The minimum Gasteiger partial charge on any atom is -0.494 e. The number of rotatable bonds is 9. The van der Waals surface area contributed by atoms with E-state index in [9.17, 15) is 14.0 Å².